The predicted molar refractivity (Wildman–Crippen MR) is 134 cm³/mol. The summed E-state index contributed by atoms with van der Waals surface area (Å²) in [5.74, 6) is -1.36. The normalized spacial score (nSPS) is 14.1. The summed E-state index contributed by atoms with van der Waals surface area (Å²) in [7, 11) is 0. The van der Waals surface area contributed by atoms with Gasteiger partial charge >= 0.3 is 11.9 Å². The first-order valence-corrected chi connectivity index (χ1v) is 12.5. The van der Waals surface area contributed by atoms with Gasteiger partial charge in [-0.1, -0.05) is 17.7 Å². The molecule has 3 rings (SSSR count). The van der Waals surface area contributed by atoms with Crippen LogP contribution in [0.2, 0.25) is 5.02 Å². The van der Waals surface area contributed by atoms with Crippen molar-refractivity contribution in [1.29, 1.82) is 0 Å². The molecule has 0 radical (unpaired) electrons. The smallest absolute Gasteiger partial charge is 0.348 e. The van der Waals surface area contributed by atoms with Crippen molar-refractivity contribution in [3.63, 3.8) is 0 Å². The molecule has 1 aromatic carbocycles. The van der Waals surface area contributed by atoms with Crippen molar-refractivity contribution < 1.29 is 23.9 Å². The molecule has 1 aromatic heterocycles. The molecule has 0 aliphatic carbocycles. The zero-order valence-electron chi connectivity index (χ0n) is 19.9. The zero-order chi connectivity index (χ0) is 24.8. The highest BCUT2D eigenvalue weighted by molar-refractivity contribution is 7.18. The number of hydrogen-bond donors (Lipinski definition) is 1. The number of carbonyl (C=O) groups excluding carboxylic acids is 3. The maximum absolute atomic E-state index is 12.8. The van der Waals surface area contributed by atoms with Crippen molar-refractivity contribution in [2.24, 2.45) is 0 Å². The largest absolute Gasteiger partial charge is 0.462 e. The lowest BCUT2D eigenvalue weighted by atomic mass is 10.1. The Labute approximate surface area is 208 Å². The highest BCUT2D eigenvalue weighted by Gasteiger charge is 2.28. The molecule has 1 aliphatic heterocycles. The molecule has 184 valence electrons. The zero-order valence-corrected chi connectivity index (χ0v) is 21.5. The van der Waals surface area contributed by atoms with Gasteiger partial charge in [0.1, 0.15) is 9.88 Å². The monoisotopic (exact) mass is 507 g/mol. The Kier molecular flexibility index (Phi) is 8.93. The lowest BCUT2D eigenvalue weighted by Crippen LogP contribution is -2.48. The third-order valence-electron chi connectivity index (χ3n) is 5.59. The van der Waals surface area contributed by atoms with E-state index in [9.17, 15) is 14.4 Å². The molecule has 2 heterocycles. The van der Waals surface area contributed by atoms with Crippen LogP contribution in [-0.4, -0.2) is 68.7 Å². The number of carbonyl (C=O) groups is 3. The van der Waals surface area contributed by atoms with E-state index < -0.39 is 11.9 Å². The maximum Gasteiger partial charge on any atom is 0.348 e. The number of amides is 1. The van der Waals surface area contributed by atoms with Crippen LogP contribution in [0.25, 0.3) is 0 Å². The molecule has 0 bridgehead atoms. The van der Waals surface area contributed by atoms with E-state index in [1.165, 1.54) is 0 Å². The van der Waals surface area contributed by atoms with Crippen molar-refractivity contribution >= 4 is 51.5 Å². The van der Waals surface area contributed by atoms with Crippen molar-refractivity contribution in [3.05, 3.63) is 44.8 Å². The first-order chi connectivity index (χ1) is 16.2. The highest BCUT2D eigenvalue weighted by Crippen LogP contribution is 2.34. The van der Waals surface area contributed by atoms with E-state index in [-0.39, 0.29) is 36.1 Å². The van der Waals surface area contributed by atoms with E-state index >= 15 is 0 Å². The first kappa shape index (κ1) is 26.0. The summed E-state index contributed by atoms with van der Waals surface area (Å²) in [6, 6.07) is 5.85. The fraction of sp³-hybridized carbons (Fsp3) is 0.458. The Bertz CT molecular complexity index is 1060. The number of hydrogen-bond acceptors (Lipinski definition) is 8. The number of piperazine rings is 1. The van der Waals surface area contributed by atoms with Gasteiger partial charge in [-0.15, -0.1) is 11.3 Å². The van der Waals surface area contributed by atoms with Crippen LogP contribution in [0.5, 0.6) is 0 Å². The van der Waals surface area contributed by atoms with Gasteiger partial charge < -0.3 is 19.7 Å². The van der Waals surface area contributed by atoms with E-state index in [2.05, 4.69) is 22.0 Å². The molecule has 1 fully saturated rings. The Morgan fingerprint density at radius 1 is 1.03 bits per heavy atom. The number of aryl methyl sites for hydroxylation is 1. The molecular weight excluding hydrogens is 478 g/mol. The standard InChI is InChI=1S/C24H30ClN3O5S/c1-5-32-23(30)20-16(4)21(24(31)33-6-2)34-22(20)26-19(29)14-27-9-11-28(12-10-27)18-13-17(25)8-7-15(18)3/h7-8,13H,5-6,9-12,14H2,1-4H3,(H,26,29). The van der Waals surface area contributed by atoms with Crippen molar-refractivity contribution in [3.8, 4) is 0 Å². The molecule has 1 aliphatic rings. The Morgan fingerprint density at radius 3 is 2.32 bits per heavy atom. The van der Waals surface area contributed by atoms with Crippen LogP contribution in [0.4, 0.5) is 10.7 Å². The summed E-state index contributed by atoms with van der Waals surface area (Å²) in [6.07, 6.45) is 0. The minimum atomic E-state index is -0.576. The van der Waals surface area contributed by atoms with Crippen molar-refractivity contribution in [2.45, 2.75) is 27.7 Å². The summed E-state index contributed by atoms with van der Waals surface area (Å²) >= 11 is 7.20. The fourth-order valence-electron chi connectivity index (χ4n) is 3.88. The van der Waals surface area contributed by atoms with Crippen LogP contribution in [0.3, 0.4) is 0 Å². The van der Waals surface area contributed by atoms with E-state index in [1.54, 1.807) is 20.8 Å². The van der Waals surface area contributed by atoms with Gasteiger partial charge in [-0.25, -0.2) is 9.59 Å². The van der Waals surface area contributed by atoms with E-state index in [0.717, 1.165) is 35.7 Å². The van der Waals surface area contributed by atoms with Gasteiger partial charge in [0.15, 0.2) is 0 Å². The molecular formula is C24H30ClN3O5S. The summed E-state index contributed by atoms with van der Waals surface area (Å²) in [4.78, 5) is 42.3. The lowest BCUT2D eigenvalue weighted by molar-refractivity contribution is -0.117. The molecule has 10 heteroatoms. The van der Waals surface area contributed by atoms with E-state index in [0.29, 0.717) is 28.7 Å². The third-order valence-corrected chi connectivity index (χ3v) is 7.01. The third kappa shape index (κ3) is 6.08. The minimum absolute atomic E-state index is 0.177. The number of rotatable bonds is 8. The molecule has 2 aromatic rings. The number of thiophene rings is 1. The van der Waals surface area contributed by atoms with Gasteiger partial charge in [-0.3, -0.25) is 9.69 Å². The Morgan fingerprint density at radius 2 is 1.68 bits per heavy atom. The Balaban J connectivity index is 1.66. The molecule has 1 saturated heterocycles. The molecule has 1 amide bonds. The number of benzene rings is 1. The molecule has 0 saturated carbocycles. The van der Waals surface area contributed by atoms with E-state index in [4.69, 9.17) is 21.1 Å². The second-order valence-electron chi connectivity index (χ2n) is 7.94. The molecule has 8 nitrogen and oxygen atoms in total. The van der Waals surface area contributed by atoms with Gasteiger partial charge in [0.25, 0.3) is 0 Å². The summed E-state index contributed by atoms with van der Waals surface area (Å²) in [5, 5.41) is 3.82. The van der Waals surface area contributed by atoms with Gasteiger partial charge in [-0.2, -0.15) is 0 Å². The highest BCUT2D eigenvalue weighted by atomic mass is 35.5. The molecule has 0 atom stereocenters. The van der Waals surface area contributed by atoms with Gasteiger partial charge in [0.2, 0.25) is 5.91 Å². The van der Waals surface area contributed by atoms with Crippen LogP contribution in [0.15, 0.2) is 18.2 Å². The van der Waals surface area contributed by atoms with Crippen LogP contribution >= 0.6 is 22.9 Å². The average Bonchev–Trinajstić information content (AvgIpc) is 3.12. The lowest BCUT2D eigenvalue weighted by Gasteiger charge is -2.36. The Hall–Kier alpha value is -2.62. The molecule has 0 spiro atoms. The van der Waals surface area contributed by atoms with Crippen molar-refractivity contribution in [1.82, 2.24) is 4.90 Å². The van der Waals surface area contributed by atoms with Crippen LogP contribution in [0.1, 0.15) is 45.0 Å². The van der Waals surface area contributed by atoms with Gasteiger partial charge in [0.05, 0.1) is 25.3 Å². The number of halogens is 1. The quantitative estimate of drug-likeness (QED) is 0.537. The SMILES string of the molecule is CCOC(=O)c1sc(NC(=O)CN2CCN(c3cc(Cl)ccc3C)CC2)c(C(=O)OCC)c1C. The summed E-state index contributed by atoms with van der Waals surface area (Å²) < 4.78 is 10.2. The predicted octanol–water partition coefficient (Wildman–Crippen LogP) is 4.13. The molecule has 1 N–H and O–H groups in total. The fourth-order valence-corrected chi connectivity index (χ4v) is 5.15. The molecule has 34 heavy (non-hydrogen) atoms. The molecule has 0 unspecified atom stereocenters. The summed E-state index contributed by atoms with van der Waals surface area (Å²) in [6.45, 7) is 10.7. The van der Waals surface area contributed by atoms with Crippen molar-refractivity contribution in [2.75, 3.05) is 56.2 Å². The maximum atomic E-state index is 12.8. The number of nitrogens with zero attached hydrogens (tertiary/aromatic N) is 2. The average molecular weight is 508 g/mol. The number of anilines is 2. The number of esters is 2. The second-order valence-corrected chi connectivity index (χ2v) is 9.40. The number of ether oxygens (including phenoxy) is 2. The van der Waals surface area contributed by atoms with Gasteiger partial charge in [0, 0.05) is 36.9 Å². The second kappa shape index (κ2) is 11.7. The topological polar surface area (TPSA) is 88.2 Å². The van der Waals surface area contributed by atoms with Crippen LogP contribution in [-0.2, 0) is 14.3 Å². The summed E-state index contributed by atoms with van der Waals surface area (Å²) in [5.41, 5.74) is 2.91. The van der Waals surface area contributed by atoms with Crippen LogP contribution < -0.4 is 10.2 Å². The minimum Gasteiger partial charge on any atom is -0.462 e. The first-order valence-electron chi connectivity index (χ1n) is 11.3. The van der Waals surface area contributed by atoms with E-state index in [1.807, 2.05) is 18.2 Å². The number of nitrogens with one attached hydrogen (secondary N) is 1. The van der Waals surface area contributed by atoms with Crippen LogP contribution in [0, 0.1) is 13.8 Å². The van der Waals surface area contributed by atoms with Gasteiger partial charge in [-0.05, 0) is 51.0 Å².